The van der Waals surface area contributed by atoms with Gasteiger partial charge in [0.15, 0.2) is 5.72 Å². The van der Waals surface area contributed by atoms with Crippen LogP contribution >= 0.6 is 0 Å². The lowest BCUT2D eigenvalue weighted by Crippen LogP contribution is -2.50. The molecule has 0 saturated carbocycles. The van der Waals surface area contributed by atoms with Crippen molar-refractivity contribution >= 4 is 5.71 Å². The van der Waals surface area contributed by atoms with Crippen LogP contribution in [-0.2, 0) is 0 Å². The minimum absolute atomic E-state index is 0.269. The SMILES string of the molecule is CCC1(C)Oc2ccccc2C2CC(c3ccccc3)=NN21. The van der Waals surface area contributed by atoms with Gasteiger partial charge in [0.25, 0.3) is 0 Å². The van der Waals surface area contributed by atoms with Crippen LogP contribution in [0.25, 0.3) is 0 Å². The van der Waals surface area contributed by atoms with E-state index in [4.69, 9.17) is 9.84 Å². The van der Waals surface area contributed by atoms with Crippen molar-refractivity contribution in [3.05, 3.63) is 65.7 Å². The second-order valence-electron chi connectivity index (χ2n) is 6.15. The Kier molecular flexibility index (Phi) is 2.96. The minimum atomic E-state index is -0.379. The Bertz CT molecular complexity index is 725. The van der Waals surface area contributed by atoms with Crippen molar-refractivity contribution in [3.63, 3.8) is 0 Å². The molecule has 0 aromatic heterocycles. The van der Waals surface area contributed by atoms with E-state index in [1.165, 1.54) is 11.1 Å². The predicted octanol–water partition coefficient (Wildman–Crippen LogP) is 4.36. The zero-order valence-corrected chi connectivity index (χ0v) is 13.0. The maximum Gasteiger partial charge on any atom is 0.195 e. The highest BCUT2D eigenvalue weighted by atomic mass is 16.5. The molecule has 0 amide bonds. The third-order valence-electron chi connectivity index (χ3n) is 4.77. The lowest BCUT2D eigenvalue weighted by atomic mass is 9.94. The number of para-hydroxylation sites is 1. The van der Waals surface area contributed by atoms with Gasteiger partial charge in [0.2, 0.25) is 0 Å². The highest BCUT2D eigenvalue weighted by Gasteiger charge is 2.46. The third kappa shape index (κ3) is 1.92. The zero-order valence-electron chi connectivity index (χ0n) is 13.0. The third-order valence-corrected chi connectivity index (χ3v) is 4.77. The fourth-order valence-corrected chi connectivity index (χ4v) is 3.36. The van der Waals surface area contributed by atoms with Crippen LogP contribution in [0.1, 0.15) is 43.9 Å². The van der Waals surface area contributed by atoms with Crippen molar-refractivity contribution in [2.75, 3.05) is 0 Å². The topological polar surface area (TPSA) is 24.8 Å². The molecule has 2 atom stereocenters. The van der Waals surface area contributed by atoms with E-state index in [1.807, 2.05) is 12.1 Å². The molecule has 2 aliphatic rings. The molecule has 0 radical (unpaired) electrons. The molecular formula is C19H20N2O. The zero-order chi connectivity index (χ0) is 15.2. The molecule has 2 aromatic rings. The summed E-state index contributed by atoms with van der Waals surface area (Å²) in [7, 11) is 0. The van der Waals surface area contributed by atoms with E-state index in [-0.39, 0.29) is 11.8 Å². The summed E-state index contributed by atoms with van der Waals surface area (Å²) in [5, 5.41) is 7.09. The molecule has 2 aliphatic heterocycles. The average Bonchev–Trinajstić information content (AvgIpc) is 3.02. The summed E-state index contributed by atoms with van der Waals surface area (Å²) in [6.07, 6.45) is 1.82. The number of benzene rings is 2. The first kappa shape index (κ1) is 13.4. The van der Waals surface area contributed by atoms with Crippen LogP contribution < -0.4 is 4.74 Å². The van der Waals surface area contributed by atoms with Crippen molar-refractivity contribution in [2.45, 2.75) is 38.5 Å². The number of hydrogen-bond acceptors (Lipinski definition) is 3. The maximum absolute atomic E-state index is 6.29. The first-order chi connectivity index (χ1) is 10.7. The fourth-order valence-electron chi connectivity index (χ4n) is 3.36. The number of ether oxygens (including phenoxy) is 1. The molecule has 4 rings (SSSR count). The molecule has 3 nitrogen and oxygen atoms in total. The number of nitrogens with zero attached hydrogens (tertiary/aromatic N) is 2. The van der Waals surface area contributed by atoms with E-state index in [2.05, 4.69) is 61.3 Å². The molecular weight excluding hydrogens is 272 g/mol. The molecule has 22 heavy (non-hydrogen) atoms. The minimum Gasteiger partial charge on any atom is -0.466 e. The van der Waals surface area contributed by atoms with E-state index in [9.17, 15) is 0 Å². The van der Waals surface area contributed by atoms with Crippen LogP contribution in [-0.4, -0.2) is 16.4 Å². The van der Waals surface area contributed by atoms with E-state index < -0.39 is 0 Å². The number of fused-ring (bicyclic) bond motifs is 3. The molecule has 2 unspecified atom stereocenters. The van der Waals surface area contributed by atoms with Crippen LogP contribution in [0.15, 0.2) is 59.7 Å². The summed E-state index contributed by atoms with van der Waals surface area (Å²) < 4.78 is 6.29. The summed E-state index contributed by atoms with van der Waals surface area (Å²) in [5.74, 6) is 0.998. The number of hydrogen-bond donors (Lipinski definition) is 0. The molecule has 0 fully saturated rings. The van der Waals surface area contributed by atoms with Gasteiger partial charge in [-0.05, 0) is 18.6 Å². The Morgan fingerprint density at radius 1 is 1.14 bits per heavy atom. The summed E-state index contributed by atoms with van der Waals surface area (Å²) in [4.78, 5) is 0. The smallest absolute Gasteiger partial charge is 0.195 e. The van der Waals surface area contributed by atoms with Gasteiger partial charge in [0.1, 0.15) is 5.75 Å². The van der Waals surface area contributed by atoms with Crippen molar-refractivity contribution in [3.8, 4) is 5.75 Å². The van der Waals surface area contributed by atoms with Crippen molar-refractivity contribution in [1.29, 1.82) is 0 Å². The largest absolute Gasteiger partial charge is 0.466 e. The molecule has 0 bridgehead atoms. The molecule has 0 N–H and O–H groups in total. The maximum atomic E-state index is 6.29. The van der Waals surface area contributed by atoms with E-state index in [0.29, 0.717) is 0 Å². The van der Waals surface area contributed by atoms with Crippen molar-refractivity contribution < 1.29 is 4.74 Å². The molecule has 0 aliphatic carbocycles. The van der Waals surface area contributed by atoms with Gasteiger partial charge in [-0.1, -0.05) is 55.5 Å². The number of hydrazone groups is 1. The van der Waals surface area contributed by atoms with Crippen LogP contribution in [0, 0.1) is 0 Å². The van der Waals surface area contributed by atoms with Gasteiger partial charge in [-0.3, -0.25) is 0 Å². The van der Waals surface area contributed by atoms with Gasteiger partial charge >= 0.3 is 0 Å². The first-order valence-electron chi connectivity index (χ1n) is 7.91. The first-order valence-corrected chi connectivity index (χ1v) is 7.91. The van der Waals surface area contributed by atoms with Gasteiger partial charge in [0.05, 0.1) is 11.8 Å². The summed E-state index contributed by atoms with van der Waals surface area (Å²) in [5.41, 5.74) is 3.21. The van der Waals surface area contributed by atoms with Gasteiger partial charge < -0.3 is 4.74 Å². The second-order valence-corrected chi connectivity index (χ2v) is 6.15. The van der Waals surface area contributed by atoms with E-state index in [0.717, 1.165) is 24.3 Å². The quantitative estimate of drug-likeness (QED) is 0.821. The molecule has 0 saturated heterocycles. The van der Waals surface area contributed by atoms with Gasteiger partial charge in [0, 0.05) is 18.4 Å². The Balaban J connectivity index is 1.79. The lowest BCUT2D eigenvalue weighted by molar-refractivity contribution is -0.108. The molecule has 2 aromatic carbocycles. The van der Waals surface area contributed by atoms with Crippen molar-refractivity contribution in [1.82, 2.24) is 5.01 Å². The molecule has 0 spiro atoms. The molecule has 112 valence electrons. The van der Waals surface area contributed by atoms with Crippen LogP contribution in [0.2, 0.25) is 0 Å². The summed E-state index contributed by atoms with van der Waals surface area (Å²) >= 11 is 0. The average molecular weight is 292 g/mol. The van der Waals surface area contributed by atoms with E-state index in [1.54, 1.807) is 0 Å². The fraction of sp³-hybridized carbons (Fsp3) is 0.316. The van der Waals surface area contributed by atoms with Gasteiger partial charge in [-0.15, -0.1) is 0 Å². The highest BCUT2D eigenvalue weighted by molar-refractivity contribution is 6.01. The summed E-state index contributed by atoms with van der Waals surface area (Å²) in [6.45, 7) is 4.29. The normalized spacial score (nSPS) is 26.0. The standard InChI is InChI=1S/C19H20N2O/c1-3-19(2)21-17(15-11-7-8-12-18(15)22-19)13-16(20-21)14-9-5-4-6-10-14/h4-12,17H,3,13H2,1-2H3. The second kappa shape index (κ2) is 4.87. The molecule has 2 heterocycles. The molecule has 3 heteroatoms. The summed E-state index contributed by atoms with van der Waals surface area (Å²) in [6, 6.07) is 19.1. The van der Waals surface area contributed by atoms with Gasteiger partial charge in [-0.25, -0.2) is 5.01 Å². The Labute approximate surface area is 131 Å². The van der Waals surface area contributed by atoms with Crippen LogP contribution in [0.3, 0.4) is 0 Å². The Morgan fingerprint density at radius 3 is 2.64 bits per heavy atom. The Morgan fingerprint density at radius 2 is 1.86 bits per heavy atom. The van der Waals surface area contributed by atoms with Crippen LogP contribution in [0.4, 0.5) is 0 Å². The van der Waals surface area contributed by atoms with Gasteiger partial charge in [-0.2, -0.15) is 5.10 Å². The number of rotatable bonds is 2. The lowest BCUT2D eigenvalue weighted by Gasteiger charge is -2.45. The van der Waals surface area contributed by atoms with E-state index >= 15 is 0 Å². The van der Waals surface area contributed by atoms with Crippen molar-refractivity contribution in [2.24, 2.45) is 5.10 Å². The monoisotopic (exact) mass is 292 g/mol. The Hall–Kier alpha value is -2.29. The van der Waals surface area contributed by atoms with Crippen LogP contribution in [0.5, 0.6) is 5.75 Å². The highest BCUT2D eigenvalue weighted by Crippen LogP contribution is 2.47. The predicted molar refractivity (Wildman–Crippen MR) is 87.9 cm³/mol.